The van der Waals surface area contributed by atoms with Crippen molar-refractivity contribution in [1.82, 2.24) is 5.32 Å². The Morgan fingerprint density at radius 2 is 1.80 bits per heavy atom. The predicted octanol–water partition coefficient (Wildman–Crippen LogP) is 4.27. The summed E-state index contributed by atoms with van der Waals surface area (Å²) in [5, 5.41) is 3.33. The highest BCUT2D eigenvalue weighted by Crippen LogP contribution is 2.25. The first-order chi connectivity index (χ1) is 9.72. The number of nitrogens with one attached hydrogen (secondary N) is 1. The highest BCUT2D eigenvalue weighted by molar-refractivity contribution is 5.49. The molecule has 1 unspecified atom stereocenters. The molecule has 20 heavy (non-hydrogen) atoms. The lowest BCUT2D eigenvalue weighted by molar-refractivity contribution is 0.542. The zero-order valence-corrected chi connectivity index (χ0v) is 12.8. The summed E-state index contributed by atoms with van der Waals surface area (Å²) in [5.74, 6) is -0.0761. The molecular formula is C17H27FN2. The molecule has 0 aliphatic carbocycles. The summed E-state index contributed by atoms with van der Waals surface area (Å²) >= 11 is 0. The van der Waals surface area contributed by atoms with Crippen molar-refractivity contribution in [2.45, 2.75) is 52.0 Å². The Bertz CT molecular complexity index is 411. The van der Waals surface area contributed by atoms with Gasteiger partial charge in [0.05, 0.1) is 5.69 Å². The summed E-state index contributed by atoms with van der Waals surface area (Å²) in [6.07, 6.45) is 6.22. The number of halogens is 1. The fraction of sp³-hybridized carbons (Fsp3) is 0.647. The molecule has 2 nitrogen and oxygen atoms in total. The molecule has 1 aliphatic rings. The number of hydrogen-bond acceptors (Lipinski definition) is 2. The Morgan fingerprint density at radius 3 is 2.40 bits per heavy atom. The molecule has 1 N–H and O–H groups in total. The second-order valence-electron chi connectivity index (χ2n) is 5.75. The van der Waals surface area contributed by atoms with Gasteiger partial charge in [0.2, 0.25) is 0 Å². The monoisotopic (exact) mass is 278 g/mol. The maximum absolute atomic E-state index is 14.4. The van der Waals surface area contributed by atoms with E-state index in [2.05, 4.69) is 30.1 Å². The molecule has 1 heterocycles. The van der Waals surface area contributed by atoms with Crippen LogP contribution in [-0.4, -0.2) is 19.6 Å². The Hall–Kier alpha value is -1.09. The Kier molecular flexibility index (Phi) is 5.84. The van der Waals surface area contributed by atoms with Gasteiger partial charge in [0, 0.05) is 19.1 Å². The lowest BCUT2D eigenvalue weighted by atomic mass is 10.1. The van der Waals surface area contributed by atoms with Crippen LogP contribution in [0.5, 0.6) is 0 Å². The lowest BCUT2D eigenvalue weighted by Crippen LogP contribution is -2.28. The molecule has 1 aromatic carbocycles. The third-order valence-corrected chi connectivity index (χ3v) is 4.18. The summed E-state index contributed by atoms with van der Waals surface area (Å²) in [6, 6.07) is 5.92. The van der Waals surface area contributed by atoms with Gasteiger partial charge in [-0.05, 0) is 44.0 Å². The summed E-state index contributed by atoms with van der Waals surface area (Å²) in [5.41, 5.74) is 1.81. The van der Waals surface area contributed by atoms with Gasteiger partial charge in [0.1, 0.15) is 5.82 Å². The van der Waals surface area contributed by atoms with Crippen molar-refractivity contribution in [1.29, 1.82) is 0 Å². The molecule has 1 fully saturated rings. The normalized spacial score (nSPS) is 18.4. The molecule has 1 aromatic rings. The van der Waals surface area contributed by atoms with E-state index in [1.54, 1.807) is 6.07 Å². The van der Waals surface area contributed by atoms with Crippen LogP contribution in [0.3, 0.4) is 0 Å². The largest absolute Gasteiger partial charge is 0.369 e. The fourth-order valence-corrected chi connectivity index (χ4v) is 2.96. The first-order valence-corrected chi connectivity index (χ1v) is 8.00. The molecule has 1 atom stereocenters. The minimum atomic E-state index is -0.0761. The predicted molar refractivity (Wildman–Crippen MR) is 83.8 cm³/mol. The van der Waals surface area contributed by atoms with E-state index in [0.29, 0.717) is 0 Å². The fourth-order valence-electron chi connectivity index (χ4n) is 2.96. The minimum Gasteiger partial charge on any atom is -0.369 e. The standard InChI is InChI=1S/C17H27FN2/c1-3-19-14(2)15-9-10-17(16(18)13-15)20-11-7-5-4-6-8-12-20/h9-10,13-14,19H,3-8,11-12H2,1-2H3. The van der Waals surface area contributed by atoms with Gasteiger partial charge < -0.3 is 10.2 Å². The van der Waals surface area contributed by atoms with Gasteiger partial charge in [-0.25, -0.2) is 4.39 Å². The summed E-state index contributed by atoms with van der Waals surface area (Å²) < 4.78 is 14.4. The van der Waals surface area contributed by atoms with Gasteiger partial charge in [-0.3, -0.25) is 0 Å². The van der Waals surface area contributed by atoms with E-state index in [9.17, 15) is 4.39 Å². The number of anilines is 1. The van der Waals surface area contributed by atoms with E-state index in [1.165, 1.54) is 32.1 Å². The van der Waals surface area contributed by atoms with Crippen LogP contribution >= 0.6 is 0 Å². The molecule has 0 saturated carbocycles. The van der Waals surface area contributed by atoms with E-state index in [4.69, 9.17) is 0 Å². The Morgan fingerprint density at radius 1 is 1.15 bits per heavy atom. The molecule has 2 rings (SSSR count). The van der Waals surface area contributed by atoms with Crippen molar-refractivity contribution in [3.8, 4) is 0 Å². The molecule has 1 aliphatic heterocycles. The van der Waals surface area contributed by atoms with Crippen molar-refractivity contribution >= 4 is 5.69 Å². The van der Waals surface area contributed by atoms with Crippen molar-refractivity contribution in [3.63, 3.8) is 0 Å². The highest BCUT2D eigenvalue weighted by atomic mass is 19.1. The van der Waals surface area contributed by atoms with Crippen LogP contribution in [0.2, 0.25) is 0 Å². The maximum atomic E-state index is 14.4. The number of rotatable bonds is 4. The third-order valence-electron chi connectivity index (χ3n) is 4.18. The van der Waals surface area contributed by atoms with E-state index in [1.807, 2.05) is 6.07 Å². The topological polar surface area (TPSA) is 15.3 Å². The second kappa shape index (κ2) is 7.63. The third kappa shape index (κ3) is 3.95. The molecule has 0 bridgehead atoms. The van der Waals surface area contributed by atoms with E-state index in [-0.39, 0.29) is 11.9 Å². The van der Waals surface area contributed by atoms with Crippen LogP contribution in [-0.2, 0) is 0 Å². The quantitative estimate of drug-likeness (QED) is 0.885. The van der Waals surface area contributed by atoms with Gasteiger partial charge in [-0.15, -0.1) is 0 Å². The smallest absolute Gasteiger partial charge is 0.146 e. The van der Waals surface area contributed by atoms with Crippen molar-refractivity contribution in [3.05, 3.63) is 29.6 Å². The van der Waals surface area contributed by atoms with Crippen LogP contribution < -0.4 is 10.2 Å². The zero-order chi connectivity index (χ0) is 14.4. The summed E-state index contributed by atoms with van der Waals surface area (Å²) in [7, 11) is 0. The van der Waals surface area contributed by atoms with Gasteiger partial charge >= 0.3 is 0 Å². The van der Waals surface area contributed by atoms with E-state index in [0.717, 1.165) is 30.9 Å². The number of nitrogens with zero attached hydrogens (tertiary/aromatic N) is 1. The van der Waals surface area contributed by atoms with E-state index < -0.39 is 0 Å². The Labute approximate surface area is 122 Å². The molecule has 0 aromatic heterocycles. The first-order valence-electron chi connectivity index (χ1n) is 8.00. The SMILES string of the molecule is CCNC(C)c1ccc(N2CCCCCCC2)c(F)c1. The maximum Gasteiger partial charge on any atom is 0.146 e. The number of hydrogen-bond donors (Lipinski definition) is 1. The average molecular weight is 278 g/mol. The highest BCUT2D eigenvalue weighted by Gasteiger charge is 2.14. The molecule has 0 radical (unpaired) electrons. The van der Waals surface area contributed by atoms with Crippen LogP contribution in [0.1, 0.15) is 57.6 Å². The van der Waals surface area contributed by atoms with Crippen LogP contribution in [0.15, 0.2) is 18.2 Å². The zero-order valence-electron chi connectivity index (χ0n) is 12.8. The summed E-state index contributed by atoms with van der Waals surface area (Å²) in [4.78, 5) is 2.22. The van der Waals surface area contributed by atoms with Crippen molar-refractivity contribution in [2.75, 3.05) is 24.5 Å². The van der Waals surface area contributed by atoms with E-state index >= 15 is 0 Å². The molecule has 3 heteroatoms. The molecule has 0 amide bonds. The van der Waals surface area contributed by atoms with Gasteiger partial charge in [-0.2, -0.15) is 0 Å². The van der Waals surface area contributed by atoms with Crippen LogP contribution in [0.4, 0.5) is 10.1 Å². The summed E-state index contributed by atoms with van der Waals surface area (Å²) in [6.45, 7) is 7.02. The Balaban J connectivity index is 2.11. The second-order valence-corrected chi connectivity index (χ2v) is 5.75. The average Bonchev–Trinajstić information content (AvgIpc) is 2.39. The van der Waals surface area contributed by atoms with Crippen molar-refractivity contribution in [2.24, 2.45) is 0 Å². The molecular weight excluding hydrogens is 251 g/mol. The van der Waals surface area contributed by atoms with Crippen LogP contribution in [0.25, 0.3) is 0 Å². The lowest BCUT2D eigenvalue weighted by Gasteiger charge is -2.27. The first kappa shape index (κ1) is 15.3. The van der Waals surface area contributed by atoms with Gasteiger partial charge in [0.25, 0.3) is 0 Å². The molecule has 0 spiro atoms. The van der Waals surface area contributed by atoms with Gasteiger partial charge in [-0.1, -0.05) is 32.3 Å². The van der Waals surface area contributed by atoms with Crippen LogP contribution in [0, 0.1) is 5.82 Å². The molecule has 112 valence electrons. The van der Waals surface area contributed by atoms with Crippen molar-refractivity contribution < 1.29 is 4.39 Å². The molecule has 1 saturated heterocycles. The van der Waals surface area contributed by atoms with Gasteiger partial charge in [0.15, 0.2) is 0 Å². The number of benzene rings is 1. The minimum absolute atomic E-state index is 0.0761.